The Balaban J connectivity index is 2.14. The van der Waals surface area contributed by atoms with Crippen LogP contribution in [0.1, 0.15) is 23.6 Å². The molecule has 0 aliphatic carbocycles. The van der Waals surface area contributed by atoms with Gasteiger partial charge in [0.05, 0.1) is 16.9 Å². The molecule has 0 saturated carbocycles. The smallest absolute Gasteiger partial charge is 0.271 e. The molecule has 0 saturated heterocycles. The number of nitrogens with one attached hydrogen (secondary N) is 1. The van der Waals surface area contributed by atoms with Gasteiger partial charge in [-0.2, -0.15) is 0 Å². The summed E-state index contributed by atoms with van der Waals surface area (Å²) in [7, 11) is -4.11. The molecule has 10 nitrogen and oxygen atoms in total. The minimum absolute atomic E-state index is 0.0246. The molecule has 0 aliphatic rings. The van der Waals surface area contributed by atoms with Crippen LogP contribution in [0.3, 0.4) is 0 Å². The van der Waals surface area contributed by atoms with Gasteiger partial charge in [0.2, 0.25) is 21.8 Å². The van der Waals surface area contributed by atoms with Crippen LogP contribution in [0.15, 0.2) is 66.7 Å². The number of hydrogen-bond donors (Lipinski definition) is 1. The molecule has 1 N–H and O–H groups in total. The molecule has 0 heterocycles. The number of carbonyl (C=O) groups is 2. The molecule has 0 bridgehead atoms. The average Bonchev–Trinajstić information content (AvgIpc) is 2.91. The van der Waals surface area contributed by atoms with Crippen molar-refractivity contribution in [3.8, 4) is 0 Å². The number of carbonyl (C=O) groups excluding carboxylic acids is 2. The number of anilines is 1. The number of sulfonamides is 1. The quantitative estimate of drug-likeness (QED) is 0.230. The Morgan fingerprint density at radius 3 is 2.22 bits per heavy atom. The lowest BCUT2D eigenvalue weighted by atomic mass is 10.0. The Labute approximate surface area is 249 Å². The molecule has 0 aromatic heterocycles. The van der Waals surface area contributed by atoms with Gasteiger partial charge in [-0.15, -0.1) is 0 Å². The number of nitro groups is 1. The number of hydrogen-bond acceptors (Lipinski definition) is 6. The van der Waals surface area contributed by atoms with Crippen molar-refractivity contribution in [1.29, 1.82) is 0 Å². The summed E-state index contributed by atoms with van der Waals surface area (Å²) in [6.45, 7) is 2.69. The first kappa shape index (κ1) is 31.9. The number of aryl methyl sites for hydroxylation is 1. The van der Waals surface area contributed by atoms with Crippen LogP contribution in [0, 0.1) is 17.0 Å². The van der Waals surface area contributed by atoms with Crippen LogP contribution in [0.4, 0.5) is 11.4 Å². The monoisotopic (exact) mass is 620 g/mol. The summed E-state index contributed by atoms with van der Waals surface area (Å²) in [6, 6.07) is 16.6. The van der Waals surface area contributed by atoms with Crippen molar-refractivity contribution in [2.45, 2.75) is 32.9 Å². The molecule has 3 aromatic carbocycles. The summed E-state index contributed by atoms with van der Waals surface area (Å²) in [4.78, 5) is 39.5. The molecule has 0 aliphatic heterocycles. The van der Waals surface area contributed by atoms with Gasteiger partial charge in [0.15, 0.2) is 0 Å². The highest BCUT2D eigenvalue weighted by atomic mass is 35.5. The zero-order chi connectivity index (χ0) is 30.3. The predicted octanol–water partition coefficient (Wildman–Crippen LogP) is 4.75. The van der Waals surface area contributed by atoms with E-state index in [-0.39, 0.29) is 34.4 Å². The van der Waals surface area contributed by atoms with Crippen molar-refractivity contribution in [2.24, 2.45) is 0 Å². The number of nitrogens with zero attached hydrogens (tertiary/aromatic N) is 3. The number of non-ortho nitro benzene ring substituents is 1. The Kier molecular flexibility index (Phi) is 10.7. The third kappa shape index (κ3) is 8.18. The van der Waals surface area contributed by atoms with Crippen LogP contribution in [-0.4, -0.2) is 55.4 Å². The maximum Gasteiger partial charge on any atom is 0.271 e. The van der Waals surface area contributed by atoms with E-state index in [0.29, 0.717) is 17.7 Å². The first-order chi connectivity index (χ1) is 19.3. The van der Waals surface area contributed by atoms with Gasteiger partial charge in [0.1, 0.15) is 12.6 Å². The molecule has 2 amide bonds. The van der Waals surface area contributed by atoms with Gasteiger partial charge in [0.25, 0.3) is 5.69 Å². The van der Waals surface area contributed by atoms with E-state index < -0.39 is 39.3 Å². The van der Waals surface area contributed by atoms with Crippen molar-refractivity contribution in [3.63, 3.8) is 0 Å². The first-order valence-electron chi connectivity index (χ1n) is 12.6. The molecule has 13 heteroatoms. The van der Waals surface area contributed by atoms with Crippen LogP contribution < -0.4 is 9.62 Å². The van der Waals surface area contributed by atoms with E-state index in [9.17, 15) is 28.1 Å². The van der Waals surface area contributed by atoms with Gasteiger partial charge < -0.3 is 10.2 Å². The Bertz CT molecular complexity index is 1520. The van der Waals surface area contributed by atoms with Crippen molar-refractivity contribution in [3.05, 3.63) is 104 Å². The molecule has 41 heavy (non-hydrogen) atoms. The van der Waals surface area contributed by atoms with Crippen molar-refractivity contribution < 1.29 is 22.9 Å². The number of benzene rings is 3. The van der Waals surface area contributed by atoms with Crippen LogP contribution in [0.5, 0.6) is 0 Å². The number of halogens is 2. The van der Waals surface area contributed by atoms with Gasteiger partial charge in [0, 0.05) is 47.3 Å². The van der Waals surface area contributed by atoms with E-state index in [4.69, 9.17) is 23.2 Å². The second-order valence-corrected chi connectivity index (χ2v) is 12.0. The zero-order valence-corrected chi connectivity index (χ0v) is 25.0. The van der Waals surface area contributed by atoms with E-state index in [1.807, 2.05) is 18.2 Å². The highest BCUT2D eigenvalue weighted by Gasteiger charge is 2.34. The highest BCUT2D eigenvalue weighted by molar-refractivity contribution is 7.92. The number of likely N-dealkylation sites (N-methyl/N-ethyl adjacent to an activating group) is 1. The standard InChI is InChI=1S/C28H30Cl2N4O6S/c1-4-31-28(36)26(15-20-9-6-5-7-10-20)32(17-22-23(29)11-8-12-24(22)30)27(35)18-33(41(3,39)40)25-16-21(34(37)38)14-13-19(25)2/h5-14,16,26H,4,15,17-18H2,1-3H3,(H,31,36). The molecule has 3 rings (SSSR count). The van der Waals surface area contributed by atoms with Crippen molar-refractivity contribution >= 4 is 56.4 Å². The normalized spacial score (nSPS) is 11.9. The Morgan fingerprint density at radius 1 is 1.02 bits per heavy atom. The second-order valence-electron chi connectivity index (χ2n) is 9.32. The molecule has 0 spiro atoms. The lowest BCUT2D eigenvalue weighted by Crippen LogP contribution is -2.53. The lowest BCUT2D eigenvalue weighted by molar-refractivity contribution is -0.384. The van der Waals surface area contributed by atoms with Gasteiger partial charge in [-0.05, 0) is 37.1 Å². The fourth-order valence-corrected chi connectivity index (χ4v) is 5.69. The zero-order valence-electron chi connectivity index (χ0n) is 22.7. The summed E-state index contributed by atoms with van der Waals surface area (Å²) in [5.41, 5.74) is 1.18. The summed E-state index contributed by atoms with van der Waals surface area (Å²) in [5, 5.41) is 14.7. The SMILES string of the molecule is CCNC(=O)C(Cc1ccccc1)N(Cc1c(Cl)cccc1Cl)C(=O)CN(c1cc([N+](=O)[O-])ccc1C)S(C)(=O)=O. The van der Waals surface area contributed by atoms with Gasteiger partial charge in [-0.3, -0.25) is 24.0 Å². The molecule has 0 radical (unpaired) electrons. The van der Waals surface area contributed by atoms with Gasteiger partial charge in [-0.25, -0.2) is 8.42 Å². The molecule has 3 aromatic rings. The Morgan fingerprint density at radius 2 is 1.66 bits per heavy atom. The molecule has 218 valence electrons. The summed E-state index contributed by atoms with van der Waals surface area (Å²) >= 11 is 12.9. The molecule has 0 fully saturated rings. The number of nitro benzene ring substituents is 1. The topological polar surface area (TPSA) is 130 Å². The Hall–Kier alpha value is -3.67. The number of rotatable bonds is 12. The lowest BCUT2D eigenvalue weighted by Gasteiger charge is -2.34. The average molecular weight is 622 g/mol. The van der Waals surface area contributed by atoms with Crippen LogP contribution in [-0.2, 0) is 32.6 Å². The second kappa shape index (κ2) is 13.8. The van der Waals surface area contributed by atoms with E-state index >= 15 is 0 Å². The summed E-state index contributed by atoms with van der Waals surface area (Å²) in [5.74, 6) is -1.19. The van der Waals surface area contributed by atoms with Crippen LogP contribution >= 0.6 is 23.2 Å². The van der Waals surface area contributed by atoms with E-state index in [0.717, 1.165) is 22.2 Å². The van der Waals surface area contributed by atoms with Gasteiger partial charge in [-0.1, -0.05) is 65.7 Å². The van der Waals surface area contributed by atoms with Gasteiger partial charge >= 0.3 is 0 Å². The summed E-state index contributed by atoms with van der Waals surface area (Å²) in [6.07, 6.45) is 1.02. The maximum atomic E-state index is 14.1. The third-order valence-corrected chi connectivity index (χ3v) is 8.20. The van der Waals surface area contributed by atoms with E-state index in [1.165, 1.54) is 17.0 Å². The van der Waals surface area contributed by atoms with Crippen molar-refractivity contribution in [1.82, 2.24) is 10.2 Å². The highest BCUT2D eigenvalue weighted by Crippen LogP contribution is 2.30. The minimum Gasteiger partial charge on any atom is -0.355 e. The summed E-state index contributed by atoms with van der Waals surface area (Å²) < 4.78 is 26.7. The molecule has 1 unspecified atom stereocenters. The van der Waals surface area contributed by atoms with Crippen LogP contribution in [0.25, 0.3) is 0 Å². The number of amides is 2. The first-order valence-corrected chi connectivity index (χ1v) is 15.2. The van der Waals surface area contributed by atoms with Crippen molar-refractivity contribution in [2.75, 3.05) is 23.7 Å². The minimum atomic E-state index is -4.11. The molecular weight excluding hydrogens is 591 g/mol. The maximum absolute atomic E-state index is 14.1. The van der Waals surface area contributed by atoms with E-state index in [2.05, 4.69) is 5.32 Å². The third-order valence-electron chi connectivity index (χ3n) is 6.36. The van der Waals surface area contributed by atoms with Crippen LogP contribution in [0.2, 0.25) is 10.0 Å². The fourth-order valence-electron chi connectivity index (χ4n) is 4.27. The molecule has 1 atom stereocenters. The van der Waals surface area contributed by atoms with E-state index in [1.54, 1.807) is 44.2 Å². The molecular formula is C28H30Cl2N4O6S. The largest absolute Gasteiger partial charge is 0.355 e. The predicted molar refractivity (Wildman–Crippen MR) is 160 cm³/mol. The fraction of sp³-hybridized carbons (Fsp3) is 0.286.